The number of amides is 1. The molecule has 0 aliphatic carbocycles. The van der Waals surface area contributed by atoms with E-state index in [9.17, 15) is 14.4 Å². The number of hydrogen-bond acceptors (Lipinski definition) is 4. The highest BCUT2D eigenvalue weighted by atomic mass is 35.5. The van der Waals surface area contributed by atoms with Gasteiger partial charge in [0.1, 0.15) is 0 Å². The zero-order valence-electron chi connectivity index (χ0n) is 13.5. The summed E-state index contributed by atoms with van der Waals surface area (Å²) < 4.78 is 5.12. The van der Waals surface area contributed by atoms with Gasteiger partial charge in [0.15, 0.2) is 11.9 Å². The third-order valence-electron chi connectivity index (χ3n) is 3.29. The molecule has 2 rings (SSSR count). The van der Waals surface area contributed by atoms with E-state index in [1.165, 1.54) is 32.0 Å². The van der Waals surface area contributed by atoms with E-state index in [1.807, 2.05) is 0 Å². The molecular formula is C18H15Cl2NO4. The van der Waals surface area contributed by atoms with Gasteiger partial charge in [0.05, 0.1) is 5.56 Å². The Bertz CT molecular complexity index is 815. The molecular weight excluding hydrogens is 365 g/mol. The molecule has 0 saturated carbocycles. The summed E-state index contributed by atoms with van der Waals surface area (Å²) in [5, 5.41) is 3.17. The van der Waals surface area contributed by atoms with Gasteiger partial charge in [-0.2, -0.15) is 0 Å². The Morgan fingerprint density at radius 3 is 2.24 bits per heavy atom. The fourth-order valence-corrected chi connectivity index (χ4v) is 2.54. The second-order valence-electron chi connectivity index (χ2n) is 5.33. The lowest BCUT2D eigenvalue weighted by Gasteiger charge is -2.14. The van der Waals surface area contributed by atoms with E-state index in [1.54, 1.807) is 24.3 Å². The molecule has 0 heterocycles. The molecule has 0 radical (unpaired) electrons. The summed E-state index contributed by atoms with van der Waals surface area (Å²) in [5.74, 6) is -1.36. The maximum absolute atomic E-state index is 12.2. The van der Waals surface area contributed by atoms with Gasteiger partial charge in [-0.3, -0.25) is 9.59 Å². The Labute approximate surface area is 154 Å². The van der Waals surface area contributed by atoms with Crippen LogP contribution < -0.4 is 5.32 Å². The number of rotatable bonds is 5. The largest absolute Gasteiger partial charge is 0.449 e. The van der Waals surface area contributed by atoms with E-state index in [0.717, 1.165) is 0 Å². The van der Waals surface area contributed by atoms with Gasteiger partial charge in [-0.1, -0.05) is 35.3 Å². The van der Waals surface area contributed by atoms with E-state index < -0.39 is 18.0 Å². The van der Waals surface area contributed by atoms with E-state index >= 15 is 0 Å². The van der Waals surface area contributed by atoms with Crippen LogP contribution >= 0.6 is 23.2 Å². The Morgan fingerprint density at radius 2 is 1.64 bits per heavy atom. The van der Waals surface area contributed by atoms with Crippen LogP contribution in [-0.2, 0) is 9.53 Å². The zero-order chi connectivity index (χ0) is 18.6. The van der Waals surface area contributed by atoms with Crippen LogP contribution in [0.5, 0.6) is 0 Å². The molecule has 1 atom stereocenters. The number of benzene rings is 2. The van der Waals surface area contributed by atoms with Gasteiger partial charge in [-0.25, -0.2) is 4.79 Å². The molecule has 0 aliphatic rings. The van der Waals surface area contributed by atoms with Gasteiger partial charge < -0.3 is 10.1 Å². The third kappa shape index (κ3) is 5.31. The molecule has 0 bridgehead atoms. The highest BCUT2D eigenvalue weighted by Gasteiger charge is 2.20. The number of ketones is 1. The van der Waals surface area contributed by atoms with Crippen molar-refractivity contribution in [1.82, 2.24) is 0 Å². The molecule has 2 aromatic rings. The van der Waals surface area contributed by atoms with Crippen LogP contribution in [0.3, 0.4) is 0 Å². The number of Topliss-reactive ketones (excluding diaryl/α,β-unsaturated/α-hetero) is 1. The van der Waals surface area contributed by atoms with E-state index in [0.29, 0.717) is 11.3 Å². The predicted octanol–water partition coefficient (Wildman–Crippen LogP) is 4.38. The quantitative estimate of drug-likeness (QED) is 0.617. The molecule has 0 unspecified atom stereocenters. The summed E-state index contributed by atoms with van der Waals surface area (Å²) >= 11 is 11.7. The van der Waals surface area contributed by atoms with E-state index in [4.69, 9.17) is 27.9 Å². The maximum Gasteiger partial charge on any atom is 0.339 e. The van der Waals surface area contributed by atoms with Gasteiger partial charge >= 0.3 is 5.97 Å². The van der Waals surface area contributed by atoms with Gasteiger partial charge in [-0.15, -0.1) is 0 Å². The Hall–Kier alpha value is -2.37. The van der Waals surface area contributed by atoms with Gasteiger partial charge in [0.25, 0.3) is 5.91 Å². The lowest BCUT2D eigenvalue weighted by molar-refractivity contribution is -0.123. The first kappa shape index (κ1) is 19.0. The first-order valence-corrected chi connectivity index (χ1v) is 8.11. The van der Waals surface area contributed by atoms with Crippen molar-refractivity contribution >= 4 is 46.5 Å². The molecule has 2 aromatic carbocycles. The Kier molecular flexibility index (Phi) is 6.17. The van der Waals surface area contributed by atoms with Crippen LogP contribution in [0.15, 0.2) is 42.5 Å². The fourth-order valence-electron chi connectivity index (χ4n) is 2.01. The number of carbonyl (C=O) groups is 3. The average Bonchev–Trinajstić information content (AvgIpc) is 2.54. The van der Waals surface area contributed by atoms with Crippen LogP contribution in [0.4, 0.5) is 5.69 Å². The van der Waals surface area contributed by atoms with Gasteiger partial charge in [0, 0.05) is 21.3 Å². The van der Waals surface area contributed by atoms with Crippen LogP contribution in [0.1, 0.15) is 34.6 Å². The Balaban J connectivity index is 2.03. The molecule has 7 heteroatoms. The summed E-state index contributed by atoms with van der Waals surface area (Å²) in [6.07, 6.45) is -1.05. The van der Waals surface area contributed by atoms with Crippen molar-refractivity contribution in [2.45, 2.75) is 20.0 Å². The van der Waals surface area contributed by atoms with E-state index in [-0.39, 0.29) is 21.4 Å². The SMILES string of the molecule is CC(=O)c1cccc(NC(=O)[C@@H](C)OC(=O)c2cc(Cl)cc(Cl)c2)c1. The molecule has 1 amide bonds. The Morgan fingerprint density at radius 1 is 1.00 bits per heavy atom. The molecule has 0 spiro atoms. The lowest BCUT2D eigenvalue weighted by Crippen LogP contribution is -2.30. The highest BCUT2D eigenvalue weighted by Crippen LogP contribution is 2.20. The van der Waals surface area contributed by atoms with Crippen molar-refractivity contribution in [3.63, 3.8) is 0 Å². The van der Waals surface area contributed by atoms with Crippen LogP contribution in [0.25, 0.3) is 0 Å². The lowest BCUT2D eigenvalue weighted by atomic mass is 10.1. The fraction of sp³-hybridized carbons (Fsp3) is 0.167. The minimum Gasteiger partial charge on any atom is -0.449 e. The van der Waals surface area contributed by atoms with Crippen molar-refractivity contribution in [2.24, 2.45) is 0 Å². The molecule has 1 N–H and O–H groups in total. The number of anilines is 1. The van der Waals surface area contributed by atoms with Crippen molar-refractivity contribution in [3.05, 3.63) is 63.6 Å². The van der Waals surface area contributed by atoms with Crippen LogP contribution in [-0.4, -0.2) is 23.8 Å². The minimum atomic E-state index is -1.05. The molecule has 0 aromatic heterocycles. The monoisotopic (exact) mass is 379 g/mol. The summed E-state index contributed by atoms with van der Waals surface area (Å²) in [6.45, 7) is 2.87. The topological polar surface area (TPSA) is 72.5 Å². The van der Waals surface area contributed by atoms with Crippen molar-refractivity contribution < 1.29 is 19.1 Å². The molecule has 5 nitrogen and oxygen atoms in total. The van der Waals surface area contributed by atoms with Gasteiger partial charge in [-0.05, 0) is 44.2 Å². The second-order valence-corrected chi connectivity index (χ2v) is 6.20. The third-order valence-corrected chi connectivity index (χ3v) is 3.72. The standard InChI is InChI=1S/C18H15Cl2NO4/c1-10(22)12-4-3-5-16(8-12)21-17(23)11(2)25-18(24)13-6-14(19)9-15(20)7-13/h3-9,11H,1-2H3,(H,21,23)/t11-/m1/s1. The van der Waals surface area contributed by atoms with Crippen molar-refractivity contribution in [3.8, 4) is 0 Å². The number of nitrogens with one attached hydrogen (secondary N) is 1. The summed E-state index contributed by atoms with van der Waals surface area (Å²) in [6, 6.07) is 10.8. The normalized spacial score (nSPS) is 11.5. The molecule has 130 valence electrons. The van der Waals surface area contributed by atoms with E-state index in [2.05, 4.69) is 5.32 Å². The summed E-state index contributed by atoms with van der Waals surface area (Å²) in [5.41, 5.74) is 1.05. The first-order valence-electron chi connectivity index (χ1n) is 7.35. The summed E-state index contributed by atoms with van der Waals surface area (Å²) in [7, 11) is 0. The number of esters is 1. The van der Waals surface area contributed by atoms with Gasteiger partial charge in [0.2, 0.25) is 0 Å². The zero-order valence-corrected chi connectivity index (χ0v) is 15.0. The second kappa shape index (κ2) is 8.14. The molecule has 25 heavy (non-hydrogen) atoms. The minimum absolute atomic E-state index is 0.117. The molecule has 0 saturated heterocycles. The molecule has 0 fully saturated rings. The first-order chi connectivity index (χ1) is 11.8. The van der Waals surface area contributed by atoms with Crippen molar-refractivity contribution in [2.75, 3.05) is 5.32 Å². The smallest absolute Gasteiger partial charge is 0.339 e. The number of halogens is 2. The van der Waals surface area contributed by atoms with Crippen LogP contribution in [0, 0.1) is 0 Å². The number of carbonyl (C=O) groups excluding carboxylic acids is 3. The average molecular weight is 380 g/mol. The van der Waals surface area contributed by atoms with Crippen molar-refractivity contribution in [1.29, 1.82) is 0 Å². The highest BCUT2D eigenvalue weighted by molar-refractivity contribution is 6.35. The van der Waals surface area contributed by atoms with Crippen LogP contribution in [0.2, 0.25) is 10.0 Å². The number of hydrogen-bond donors (Lipinski definition) is 1. The predicted molar refractivity (Wildman–Crippen MR) is 96.4 cm³/mol. The summed E-state index contributed by atoms with van der Waals surface area (Å²) in [4.78, 5) is 35.6. The molecule has 0 aliphatic heterocycles. The number of ether oxygens (including phenoxy) is 1. The maximum atomic E-state index is 12.2.